The molecule has 0 amide bonds. The SMILES string of the molecule is Cc1cc(-c2ccc(Br)cc2)nc(CCC(=O)O)n1. The van der Waals surface area contributed by atoms with E-state index in [1.807, 2.05) is 37.3 Å². The van der Waals surface area contributed by atoms with Crippen LogP contribution >= 0.6 is 15.9 Å². The van der Waals surface area contributed by atoms with E-state index in [0.29, 0.717) is 12.2 Å². The molecule has 4 nitrogen and oxygen atoms in total. The van der Waals surface area contributed by atoms with Gasteiger partial charge in [-0.2, -0.15) is 0 Å². The number of carboxylic acids is 1. The largest absolute Gasteiger partial charge is 0.481 e. The first-order valence-electron chi connectivity index (χ1n) is 5.87. The summed E-state index contributed by atoms with van der Waals surface area (Å²) >= 11 is 3.39. The Balaban J connectivity index is 2.30. The molecule has 0 unspecified atom stereocenters. The standard InChI is InChI=1S/C14H13BrN2O2/c1-9-8-12(10-2-4-11(15)5-3-10)17-13(16-9)6-7-14(18)19/h2-5,8H,6-7H2,1H3,(H,18,19). The van der Waals surface area contributed by atoms with Gasteiger partial charge in [-0.05, 0) is 25.1 Å². The van der Waals surface area contributed by atoms with Crippen LogP contribution in [0, 0.1) is 6.92 Å². The number of aryl methyl sites for hydroxylation is 2. The highest BCUT2D eigenvalue weighted by Gasteiger charge is 2.06. The number of carboxylic acid groups (broad SMARTS) is 1. The van der Waals surface area contributed by atoms with E-state index in [1.165, 1.54) is 0 Å². The van der Waals surface area contributed by atoms with Crippen LogP contribution in [0.4, 0.5) is 0 Å². The number of nitrogens with zero attached hydrogens (tertiary/aromatic N) is 2. The van der Waals surface area contributed by atoms with Gasteiger partial charge in [0.1, 0.15) is 5.82 Å². The molecule has 5 heteroatoms. The summed E-state index contributed by atoms with van der Waals surface area (Å²) in [5.74, 6) is -0.268. The molecule has 0 saturated heterocycles. The van der Waals surface area contributed by atoms with Crippen molar-refractivity contribution in [2.45, 2.75) is 19.8 Å². The van der Waals surface area contributed by atoms with Gasteiger partial charge in [-0.25, -0.2) is 9.97 Å². The van der Waals surface area contributed by atoms with Crippen molar-refractivity contribution in [3.05, 3.63) is 46.3 Å². The lowest BCUT2D eigenvalue weighted by Gasteiger charge is -2.05. The van der Waals surface area contributed by atoms with E-state index in [0.717, 1.165) is 21.4 Å². The smallest absolute Gasteiger partial charge is 0.303 e. The predicted molar refractivity (Wildman–Crippen MR) is 75.9 cm³/mol. The third-order valence-corrected chi connectivity index (χ3v) is 3.13. The maximum atomic E-state index is 10.6. The van der Waals surface area contributed by atoms with Crippen LogP contribution in [0.15, 0.2) is 34.8 Å². The molecule has 2 aromatic rings. The molecule has 0 aliphatic heterocycles. The normalized spacial score (nSPS) is 10.4. The Labute approximate surface area is 119 Å². The zero-order valence-electron chi connectivity index (χ0n) is 10.4. The second-order valence-electron chi connectivity index (χ2n) is 4.21. The van der Waals surface area contributed by atoms with Gasteiger partial charge in [0.2, 0.25) is 0 Å². The second-order valence-corrected chi connectivity index (χ2v) is 5.13. The molecule has 19 heavy (non-hydrogen) atoms. The number of rotatable bonds is 4. The van der Waals surface area contributed by atoms with E-state index < -0.39 is 5.97 Å². The van der Waals surface area contributed by atoms with E-state index in [-0.39, 0.29) is 6.42 Å². The Morgan fingerprint density at radius 1 is 1.26 bits per heavy atom. The van der Waals surface area contributed by atoms with E-state index >= 15 is 0 Å². The van der Waals surface area contributed by atoms with Crippen LogP contribution in [0.3, 0.4) is 0 Å². The lowest BCUT2D eigenvalue weighted by Crippen LogP contribution is -2.03. The maximum Gasteiger partial charge on any atom is 0.303 e. The number of aliphatic carboxylic acids is 1. The van der Waals surface area contributed by atoms with Crippen LogP contribution in [-0.4, -0.2) is 21.0 Å². The van der Waals surface area contributed by atoms with Gasteiger partial charge in [-0.15, -0.1) is 0 Å². The fraction of sp³-hybridized carbons (Fsp3) is 0.214. The average molecular weight is 321 g/mol. The van der Waals surface area contributed by atoms with Crippen LogP contribution in [0.2, 0.25) is 0 Å². The zero-order chi connectivity index (χ0) is 13.8. The van der Waals surface area contributed by atoms with Crippen molar-refractivity contribution in [1.82, 2.24) is 9.97 Å². The molecule has 0 atom stereocenters. The number of hydrogen-bond donors (Lipinski definition) is 1. The summed E-state index contributed by atoms with van der Waals surface area (Å²) in [7, 11) is 0. The molecule has 0 spiro atoms. The molecule has 0 bridgehead atoms. The van der Waals surface area contributed by atoms with Crippen LogP contribution in [-0.2, 0) is 11.2 Å². The zero-order valence-corrected chi connectivity index (χ0v) is 12.0. The molecule has 0 fully saturated rings. The van der Waals surface area contributed by atoms with Crippen molar-refractivity contribution < 1.29 is 9.90 Å². The molecular formula is C14H13BrN2O2. The highest BCUT2D eigenvalue weighted by Crippen LogP contribution is 2.20. The monoisotopic (exact) mass is 320 g/mol. The van der Waals surface area contributed by atoms with Crippen molar-refractivity contribution in [2.75, 3.05) is 0 Å². The fourth-order valence-corrected chi connectivity index (χ4v) is 1.99. The summed E-state index contributed by atoms with van der Waals surface area (Å²) in [6, 6.07) is 9.72. The van der Waals surface area contributed by atoms with Gasteiger partial charge in [-0.1, -0.05) is 28.1 Å². The fourth-order valence-electron chi connectivity index (χ4n) is 1.73. The molecule has 0 saturated carbocycles. The number of benzene rings is 1. The molecule has 2 rings (SSSR count). The minimum absolute atomic E-state index is 0.0449. The highest BCUT2D eigenvalue weighted by atomic mass is 79.9. The minimum atomic E-state index is -0.838. The lowest BCUT2D eigenvalue weighted by molar-refractivity contribution is -0.137. The summed E-state index contributed by atoms with van der Waals surface area (Å²) in [6.45, 7) is 1.88. The first kappa shape index (κ1) is 13.7. The lowest BCUT2D eigenvalue weighted by atomic mass is 10.1. The molecule has 1 aromatic heterocycles. The van der Waals surface area contributed by atoms with Gasteiger partial charge < -0.3 is 5.11 Å². The van der Waals surface area contributed by atoms with Gasteiger partial charge in [0.25, 0.3) is 0 Å². The number of halogens is 1. The van der Waals surface area contributed by atoms with Crippen LogP contribution in [0.25, 0.3) is 11.3 Å². The maximum absolute atomic E-state index is 10.6. The third kappa shape index (κ3) is 3.86. The van der Waals surface area contributed by atoms with Crippen LogP contribution in [0.1, 0.15) is 17.9 Å². The Morgan fingerprint density at radius 3 is 2.58 bits per heavy atom. The van der Waals surface area contributed by atoms with Crippen molar-refractivity contribution in [1.29, 1.82) is 0 Å². The van der Waals surface area contributed by atoms with Crippen molar-refractivity contribution in [2.24, 2.45) is 0 Å². The highest BCUT2D eigenvalue weighted by molar-refractivity contribution is 9.10. The second kappa shape index (κ2) is 5.93. The average Bonchev–Trinajstić information content (AvgIpc) is 2.36. The summed E-state index contributed by atoms with van der Waals surface area (Å²) in [4.78, 5) is 19.3. The molecule has 1 N–H and O–H groups in total. The summed E-state index contributed by atoms with van der Waals surface area (Å²) in [5.41, 5.74) is 2.65. The Kier molecular flexibility index (Phi) is 4.27. The Morgan fingerprint density at radius 2 is 1.95 bits per heavy atom. The van der Waals surface area contributed by atoms with Crippen molar-refractivity contribution >= 4 is 21.9 Å². The number of hydrogen-bond acceptors (Lipinski definition) is 3. The van der Waals surface area contributed by atoms with Crippen molar-refractivity contribution in [3.8, 4) is 11.3 Å². The summed E-state index contributed by atoms with van der Waals surface area (Å²) in [5, 5.41) is 8.70. The summed E-state index contributed by atoms with van der Waals surface area (Å²) < 4.78 is 1.01. The van der Waals surface area contributed by atoms with E-state index in [2.05, 4.69) is 25.9 Å². The van der Waals surface area contributed by atoms with Crippen LogP contribution in [0.5, 0.6) is 0 Å². The summed E-state index contributed by atoms with van der Waals surface area (Å²) in [6.07, 6.45) is 0.393. The number of aromatic nitrogens is 2. The van der Waals surface area contributed by atoms with E-state index in [1.54, 1.807) is 0 Å². The predicted octanol–water partition coefficient (Wildman–Crippen LogP) is 3.23. The number of carbonyl (C=O) groups is 1. The molecule has 0 aliphatic rings. The van der Waals surface area contributed by atoms with Gasteiger partial charge in [-0.3, -0.25) is 4.79 Å². The molecule has 1 heterocycles. The first-order chi connectivity index (χ1) is 9.04. The topological polar surface area (TPSA) is 63.1 Å². The Bertz CT molecular complexity index is 597. The molecule has 98 valence electrons. The third-order valence-electron chi connectivity index (χ3n) is 2.60. The van der Waals surface area contributed by atoms with E-state index in [9.17, 15) is 4.79 Å². The van der Waals surface area contributed by atoms with Gasteiger partial charge in [0, 0.05) is 22.2 Å². The molecule has 1 aromatic carbocycles. The minimum Gasteiger partial charge on any atom is -0.481 e. The first-order valence-corrected chi connectivity index (χ1v) is 6.66. The molecule has 0 aliphatic carbocycles. The van der Waals surface area contributed by atoms with Gasteiger partial charge >= 0.3 is 5.97 Å². The van der Waals surface area contributed by atoms with Gasteiger partial charge in [0.15, 0.2) is 0 Å². The quantitative estimate of drug-likeness (QED) is 0.939. The van der Waals surface area contributed by atoms with Gasteiger partial charge in [0.05, 0.1) is 12.1 Å². The Hall–Kier alpha value is -1.75. The molecular weight excluding hydrogens is 308 g/mol. The molecule has 0 radical (unpaired) electrons. The van der Waals surface area contributed by atoms with Crippen molar-refractivity contribution in [3.63, 3.8) is 0 Å². The van der Waals surface area contributed by atoms with Crippen LogP contribution < -0.4 is 0 Å². The van der Waals surface area contributed by atoms with E-state index in [4.69, 9.17) is 5.11 Å².